The normalized spacial score (nSPS) is 19.6. The molecule has 4 heterocycles. The summed E-state index contributed by atoms with van der Waals surface area (Å²) in [6.45, 7) is 11.6. The van der Waals surface area contributed by atoms with E-state index in [4.69, 9.17) is 4.99 Å². The number of benzene rings is 1. The fourth-order valence-electron chi connectivity index (χ4n) is 5.67. The summed E-state index contributed by atoms with van der Waals surface area (Å²) in [7, 11) is 0. The Kier molecular flexibility index (Phi) is 7.17. The van der Waals surface area contributed by atoms with Crippen LogP contribution in [0.1, 0.15) is 56.4 Å². The van der Waals surface area contributed by atoms with Crippen molar-refractivity contribution < 1.29 is 9.59 Å². The largest absolute Gasteiger partial charge is 0.353 e. The number of hydrogen-bond acceptors (Lipinski definition) is 7. The maximum absolute atomic E-state index is 12.8. The van der Waals surface area contributed by atoms with Gasteiger partial charge in [-0.2, -0.15) is 0 Å². The minimum atomic E-state index is -0.453. The zero-order chi connectivity index (χ0) is 25.3. The fraction of sp³-hybridized carbons (Fsp3) is 0.536. The van der Waals surface area contributed by atoms with Gasteiger partial charge >= 0.3 is 0 Å². The maximum Gasteiger partial charge on any atom is 0.235 e. The molecule has 0 unspecified atom stereocenters. The first-order valence-electron chi connectivity index (χ1n) is 13.3. The molecular formula is C28H37N5O2S. The summed E-state index contributed by atoms with van der Waals surface area (Å²) in [5.41, 5.74) is 2.78. The minimum absolute atomic E-state index is 0.0144. The molecule has 7 nitrogen and oxygen atoms in total. The van der Waals surface area contributed by atoms with Gasteiger partial charge in [-0.3, -0.25) is 19.4 Å². The molecule has 0 aliphatic carbocycles. The van der Waals surface area contributed by atoms with Crippen LogP contribution in [0.15, 0.2) is 35.3 Å². The van der Waals surface area contributed by atoms with Gasteiger partial charge in [-0.1, -0.05) is 26.0 Å². The van der Waals surface area contributed by atoms with Crippen LogP contribution in [-0.4, -0.2) is 71.6 Å². The third-order valence-electron chi connectivity index (χ3n) is 8.10. The summed E-state index contributed by atoms with van der Waals surface area (Å²) >= 11 is 1.78. The Bertz CT molecular complexity index is 1160. The van der Waals surface area contributed by atoms with Crippen molar-refractivity contribution in [3.63, 3.8) is 0 Å². The number of unbranched alkanes of at least 4 members (excludes halogenated alkanes) is 1. The summed E-state index contributed by atoms with van der Waals surface area (Å²) in [6, 6.07) is 10.5. The number of anilines is 2. The van der Waals surface area contributed by atoms with Gasteiger partial charge in [-0.25, -0.2) is 4.99 Å². The Morgan fingerprint density at radius 3 is 2.47 bits per heavy atom. The van der Waals surface area contributed by atoms with Crippen LogP contribution in [0.25, 0.3) is 0 Å². The highest BCUT2D eigenvalue weighted by Crippen LogP contribution is 2.40. The molecule has 0 radical (unpaired) electrons. The molecule has 5 rings (SSSR count). The standard InChI is InChI=1S/C28H37N5O2S/c1-4-28(5-2)19-24(34)33(27(28)35)13-9-8-12-31-14-16-32(17-15-31)25-21-18-20(3)36-26(21)30-23-11-7-6-10-22(23)29-25/h6-7,10-11,18,30H,4-5,8-9,12-17,19H2,1-3H3. The van der Waals surface area contributed by atoms with Crippen LogP contribution in [0.2, 0.25) is 0 Å². The Labute approximate surface area is 218 Å². The van der Waals surface area contributed by atoms with Gasteiger partial charge in [0.15, 0.2) is 0 Å². The van der Waals surface area contributed by atoms with Crippen molar-refractivity contribution in [2.45, 2.75) is 52.9 Å². The molecule has 1 N–H and O–H groups in total. The van der Waals surface area contributed by atoms with Gasteiger partial charge in [0.2, 0.25) is 11.8 Å². The zero-order valence-electron chi connectivity index (χ0n) is 21.7. The van der Waals surface area contributed by atoms with Crippen molar-refractivity contribution in [2.75, 3.05) is 44.6 Å². The molecule has 0 spiro atoms. The summed E-state index contributed by atoms with van der Waals surface area (Å²) in [5, 5.41) is 4.76. The van der Waals surface area contributed by atoms with Crippen LogP contribution < -0.4 is 5.32 Å². The Balaban J connectivity index is 1.15. The van der Waals surface area contributed by atoms with Gasteiger partial charge < -0.3 is 10.2 Å². The molecule has 1 aromatic heterocycles. The molecule has 0 saturated carbocycles. The lowest BCUT2D eigenvalue weighted by atomic mass is 9.81. The van der Waals surface area contributed by atoms with Crippen LogP contribution >= 0.6 is 11.3 Å². The number of imide groups is 1. The van der Waals surface area contributed by atoms with Crippen molar-refractivity contribution in [3.8, 4) is 0 Å². The number of rotatable bonds is 7. The lowest BCUT2D eigenvalue weighted by molar-refractivity contribution is -0.141. The molecule has 2 saturated heterocycles. The molecule has 8 heteroatoms. The molecule has 3 aliphatic rings. The Morgan fingerprint density at radius 1 is 1.03 bits per heavy atom. The molecule has 2 aromatic rings. The quantitative estimate of drug-likeness (QED) is 0.414. The van der Waals surface area contributed by atoms with E-state index in [0.29, 0.717) is 13.0 Å². The van der Waals surface area contributed by atoms with E-state index in [0.717, 1.165) is 75.6 Å². The molecule has 2 amide bonds. The highest BCUT2D eigenvalue weighted by atomic mass is 32.1. The third-order valence-corrected chi connectivity index (χ3v) is 9.06. The van der Waals surface area contributed by atoms with E-state index in [-0.39, 0.29) is 11.8 Å². The van der Waals surface area contributed by atoms with E-state index < -0.39 is 5.41 Å². The highest BCUT2D eigenvalue weighted by Gasteiger charge is 2.48. The number of nitrogens with zero attached hydrogens (tertiary/aromatic N) is 4. The number of amides is 2. The smallest absolute Gasteiger partial charge is 0.235 e. The number of aliphatic imine (C=N–C) groups is 1. The van der Waals surface area contributed by atoms with Gasteiger partial charge in [-0.05, 0) is 57.4 Å². The number of amidine groups is 1. The van der Waals surface area contributed by atoms with Crippen LogP contribution in [-0.2, 0) is 9.59 Å². The second-order valence-corrected chi connectivity index (χ2v) is 11.5. The Hall–Kier alpha value is -2.71. The van der Waals surface area contributed by atoms with E-state index >= 15 is 0 Å². The van der Waals surface area contributed by atoms with Crippen molar-refractivity contribution in [2.24, 2.45) is 10.4 Å². The van der Waals surface area contributed by atoms with Crippen LogP contribution in [0, 0.1) is 12.3 Å². The number of carbonyl (C=O) groups is 2. The Morgan fingerprint density at radius 2 is 1.75 bits per heavy atom. The summed E-state index contributed by atoms with van der Waals surface area (Å²) in [4.78, 5) is 38.1. The van der Waals surface area contributed by atoms with Crippen LogP contribution in [0.5, 0.6) is 0 Å². The topological polar surface area (TPSA) is 68.2 Å². The minimum Gasteiger partial charge on any atom is -0.353 e. The van der Waals surface area contributed by atoms with E-state index in [1.807, 2.05) is 26.0 Å². The summed E-state index contributed by atoms with van der Waals surface area (Å²) < 4.78 is 0. The van der Waals surface area contributed by atoms with Crippen molar-refractivity contribution in [1.29, 1.82) is 0 Å². The number of likely N-dealkylation sites (tertiary alicyclic amines) is 1. The monoisotopic (exact) mass is 507 g/mol. The summed E-state index contributed by atoms with van der Waals surface area (Å²) in [6.07, 6.45) is 3.74. The number of hydrogen-bond donors (Lipinski definition) is 1. The molecule has 3 aliphatic heterocycles. The number of carbonyl (C=O) groups excluding carboxylic acids is 2. The van der Waals surface area contributed by atoms with E-state index in [2.05, 4.69) is 40.2 Å². The average molecular weight is 508 g/mol. The van der Waals surface area contributed by atoms with Crippen molar-refractivity contribution in [3.05, 3.63) is 40.8 Å². The third kappa shape index (κ3) is 4.68. The number of thiophene rings is 1. The zero-order valence-corrected chi connectivity index (χ0v) is 22.5. The van der Waals surface area contributed by atoms with Gasteiger partial charge in [0.25, 0.3) is 0 Å². The van der Waals surface area contributed by atoms with E-state index in [9.17, 15) is 9.59 Å². The first-order chi connectivity index (χ1) is 17.4. The molecule has 0 bridgehead atoms. The van der Waals surface area contributed by atoms with Gasteiger partial charge in [-0.15, -0.1) is 11.3 Å². The van der Waals surface area contributed by atoms with Crippen LogP contribution in [0.3, 0.4) is 0 Å². The number of piperazine rings is 1. The SMILES string of the molecule is CCC1(CC)CC(=O)N(CCCCN2CCN(C3=Nc4ccccc4Nc4sc(C)cc43)CC2)C1=O. The van der Waals surface area contributed by atoms with Gasteiger partial charge in [0.1, 0.15) is 10.8 Å². The average Bonchev–Trinajstić information content (AvgIpc) is 3.31. The summed E-state index contributed by atoms with van der Waals surface area (Å²) in [5.74, 6) is 1.13. The van der Waals surface area contributed by atoms with Crippen molar-refractivity contribution in [1.82, 2.24) is 14.7 Å². The van der Waals surface area contributed by atoms with Gasteiger partial charge in [0, 0.05) is 44.0 Å². The predicted octanol–water partition coefficient (Wildman–Crippen LogP) is 5.15. The first-order valence-corrected chi connectivity index (χ1v) is 14.1. The molecule has 36 heavy (non-hydrogen) atoms. The van der Waals surface area contributed by atoms with E-state index in [1.54, 1.807) is 11.3 Å². The predicted molar refractivity (Wildman–Crippen MR) is 147 cm³/mol. The second kappa shape index (κ2) is 10.3. The molecule has 2 fully saturated rings. The molecule has 0 atom stereocenters. The first kappa shape index (κ1) is 25.0. The van der Waals surface area contributed by atoms with Crippen molar-refractivity contribution >= 4 is 45.4 Å². The number of para-hydroxylation sites is 2. The lowest BCUT2D eigenvalue weighted by Crippen LogP contribution is -2.49. The van der Waals surface area contributed by atoms with Crippen LogP contribution in [0.4, 0.5) is 16.4 Å². The number of nitrogens with one attached hydrogen (secondary N) is 1. The number of aryl methyl sites for hydroxylation is 1. The fourth-order valence-corrected chi connectivity index (χ4v) is 6.58. The number of fused-ring (bicyclic) bond motifs is 2. The highest BCUT2D eigenvalue weighted by molar-refractivity contribution is 7.16. The molecule has 192 valence electrons. The van der Waals surface area contributed by atoms with Gasteiger partial charge in [0.05, 0.1) is 22.4 Å². The lowest BCUT2D eigenvalue weighted by Gasteiger charge is -2.36. The molecular weight excluding hydrogens is 470 g/mol. The second-order valence-electron chi connectivity index (χ2n) is 10.2. The maximum atomic E-state index is 12.8. The van der Waals surface area contributed by atoms with E-state index in [1.165, 1.54) is 20.3 Å². The molecule has 1 aromatic carbocycles.